The van der Waals surface area contributed by atoms with Crippen LogP contribution >= 0.6 is 0 Å². The number of phenols is 2. The van der Waals surface area contributed by atoms with Gasteiger partial charge in [-0.2, -0.15) is 0 Å². The van der Waals surface area contributed by atoms with Gasteiger partial charge in [-0.05, 0) is 94.7 Å². The van der Waals surface area contributed by atoms with E-state index in [1.54, 1.807) is 0 Å². The van der Waals surface area contributed by atoms with Crippen molar-refractivity contribution >= 4 is 0 Å². The molecule has 0 spiro atoms. The summed E-state index contributed by atoms with van der Waals surface area (Å²) in [4.78, 5) is 10.2. The molecule has 7 nitrogen and oxygen atoms in total. The predicted molar refractivity (Wildman–Crippen MR) is 266 cm³/mol. The summed E-state index contributed by atoms with van der Waals surface area (Å²) in [5.41, 5.74) is 5.69. The normalized spacial score (nSPS) is 12.5. The van der Waals surface area contributed by atoms with Crippen LogP contribution in [0.4, 0.5) is 0 Å². The molecule has 0 aliphatic heterocycles. The Bertz CT molecular complexity index is 1900. The molecule has 0 aliphatic rings. The van der Waals surface area contributed by atoms with E-state index >= 15 is 0 Å². The molecule has 2 aromatic carbocycles. The minimum absolute atomic E-state index is 0.116. The maximum atomic E-state index is 11.9. The van der Waals surface area contributed by atoms with Gasteiger partial charge in [-0.3, -0.25) is 0 Å². The fourth-order valence-electron chi connectivity index (χ4n) is 9.09. The van der Waals surface area contributed by atoms with Gasteiger partial charge in [-0.1, -0.05) is 156 Å². The Morgan fingerprint density at radius 3 is 1.33 bits per heavy atom. The van der Waals surface area contributed by atoms with Crippen LogP contribution in [-0.2, 0) is 7.05 Å². The second-order valence-electron chi connectivity index (χ2n) is 18.7. The molecule has 0 fully saturated rings. The Morgan fingerprint density at radius 2 is 0.889 bits per heavy atom. The highest BCUT2D eigenvalue weighted by Gasteiger charge is 2.24. The molecule has 4 aromatic rings. The molecule has 0 amide bonds. The highest BCUT2D eigenvalue weighted by molar-refractivity contribution is 5.81. The molecular weight excluding hydrogens is 779 g/mol. The highest BCUT2D eigenvalue weighted by atomic mass is 16.5. The molecule has 7 heteroatoms. The van der Waals surface area contributed by atoms with Crippen LogP contribution in [0.25, 0.3) is 34.0 Å². The van der Waals surface area contributed by atoms with Crippen molar-refractivity contribution in [1.29, 1.82) is 0 Å². The minimum atomic E-state index is 0.116. The number of nitrogens with zero attached hydrogens (tertiary/aromatic N) is 3. The maximum Gasteiger partial charge on any atom is 0.164 e. The van der Waals surface area contributed by atoms with E-state index in [9.17, 15) is 10.2 Å². The molecule has 0 saturated heterocycles. The van der Waals surface area contributed by atoms with Gasteiger partial charge in [-0.15, -0.1) is 0 Å². The third-order valence-electron chi connectivity index (χ3n) is 13.4. The summed E-state index contributed by atoms with van der Waals surface area (Å²) < 4.78 is 15.1. The van der Waals surface area contributed by atoms with Crippen LogP contribution in [0.5, 0.6) is 23.0 Å². The third kappa shape index (κ3) is 16.2. The SMILES string of the molecule is CCCCCCCCC(CCCCCC)COc1ccc(-c2nc(-c3ccc(OCC(CCCCCC)CCCCCCCC)c(C)c3O)c(C)c(-c3cccn3C)n2)c(O)c1C. The molecule has 0 aliphatic carbocycles. The molecule has 350 valence electrons. The zero-order valence-electron chi connectivity index (χ0n) is 41.1. The first kappa shape index (κ1) is 51.6. The van der Waals surface area contributed by atoms with Crippen molar-refractivity contribution in [1.82, 2.24) is 14.5 Å². The molecule has 2 heterocycles. The van der Waals surface area contributed by atoms with E-state index in [2.05, 4.69) is 27.7 Å². The van der Waals surface area contributed by atoms with E-state index in [1.165, 1.54) is 154 Å². The van der Waals surface area contributed by atoms with Gasteiger partial charge in [0.15, 0.2) is 5.82 Å². The number of unbranched alkanes of at least 4 members (excludes halogenated alkanes) is 16. The first-order valence-electron chi connectivity index (χ1n) is 25.6. The summed E-state index contributed by atoms with van der Waals surface area (Å²) >= 11 is 0. The number of phenolic OH excluding ortho intramolecular Hbond substituents is 2. The molecule has 0 bridgehead atoms. The topological polar surface area (TPSA) is 89.6 Å². The van der Waals surface area contributed by atoms with Crippen LogP contribution in [0, 0.1) is 32.6 Å². The van der Waals surface area contributed by atoms with Crippen LogP contribution in [0.2, 0.25) is 0 Å². The molecule has 63 heavy (non-hydrogen) atoms. The summed E-state index contributed by atoms with van der Waals surface area (Å²) in [5.74, 6) is 3.09. The third-order valence-corrected chi connectivity index (χ3v) is 13.4. The highest BCUT2D eigenvalue weighted by Crippen LogP contribution is 2.43. The van der Waals surface area contributed by atoms with E-state index in [0.29, 0.717) is 70.3 Å². The molecule has 2 aromatic heterocycles. The van der Waals surface area contributed by atoms with Crippen molar-refractivity contribution in [2.45, 2.75) is 203 Å². The van der Waals surface area contributed by atoms with E-state index in [4.69, 9.17) is 19.4 Å². The lowest BCUT2D eigenvalue weighted by Crippen LogP contribution is -2.13. The molecular formula is C56H87N3O4. The standard InChI is InChI=1S/C56H87N3O4/c1-9-13-17-21-23-27-32-45(30-25-19-15-11-3)40-62-50-37-35-47(54(60)42(50)5)52-44(7)53(49-34-29-39-59(49)8)58-56(57-52)48-36-38-51(43(6)55(48)61)63-41-46(31-26-20-16-12-4)33-28-24-22-18-14-10-2/h29,34-39,45-46,60-61H,9-28,30-33,40-41H2,1-8H3. The van der Waals surface area contributed by atoms with Crippen molar-refractivity contribution in [3.05, 3.63) is 59.3 Å². The number of hydrogen-bond donors (Lipinski definition) is 2. The lowest BCUT2D eigenvalue weighted by Gasteiger charge is -2.21. The molecule has 2 atom stereocenters. The number of benzene rings is 2. The lowest BCUT2D eigenvalue weighted by molar-refractivity contribution is 0.222. The van der Waals surface area contributed by atoms with Crippen LogP contribution < -0.4 is 9.47 Å². The average Bonchev–Trinajstić information content (AvgIpc) is 3.71. The summed E-state index contributed by atoms with van der Waals surface area (Å²) in [6, 6.07) is 11.8. The van der Waals surface area contributed by atoms with E-state index in [0.717, 1.165) is 17.0 Å². The smallest absolute Gasteiger partial charge is 0.164 e. The van der Waals surface area contributed by atoms with Crippen LogP contribution in [0.1, 0.15) is 198 Å². The average molecular weight is 866 g/mol. The molecule has 2 N–H and O–H groups in total. The summed E-state index contributed by atoms with van der Waals surface area (Å²) in [6.45, 7) is 16.3. The van der Waals surface area contributed by atoms with Gasteiger partial charge in [-0.25, -0.2) is 9.97 Å². The number of aromatic nitrogens is 3. The van der Waals surface area contributed by atoms with Crippen molar-refractivity contribution in [2.75, 3.05) is 13.2 Å². The Balaban J connectivity index is 1.59. The second kappa shape index (κ2) is 28.7. The number of aryl methyl sites for hydroxylation is 1. The quantitative estimate of drug-likeness (QED) is 0.0464. The molecule has 4 rings (SSSR count). The van der Waals surface area contributed by atoms with E-state index in [-0.39, 0.29) is 11.5 Å². The van der Waals surface area contributed by atoms with Crippen molar-refractivity contribution in [3.8, 4) is 57.0 Å². The molecule has 2 unspecified atom stereocenters. The van der Waals surface area contributed by atoms with Gasteiger partial charge < -0.3 is 24.3 Å². The van der Waals surface area contributed by atoms with Gasteiger partial charge in [0, 0.05) is 35.5 Å². The van der Waals surface area contributed by atoms with Crippen LogP contribution in [-0.4, -0.2) is 38.0 Å². The predicted octanol–water partition coefficient (Wildman–Crippen LogP) is 16.6. The Hall–Kier alpha value is -4.00. The number of hydrogen-bond acceptors (Lipinski definition) is 6. The van der Waals surface area contributed by atoms with Crippen molar-refractivity contribution in [3.63, 3.8) is 0 Å². The maximum absolute atomic E-state index is 11.9. The molecule has 0 radical (unpaired) electrons. The summed E-state index contributed by atoms with van der Waals surface area (Å²) in [6.07, 6.45) is 32.4. The minimum Gasteiger partial charge on any atom is -0.507 e. The first-order valence-corrected chi connectivity index (χ1v) is 25.6. The van der Waals surface area contributed by atoms with Gasteiger partial charge in [0.05, 0.1) is 35.9 Å². The van der Waals surface area contributed by atoms with Crippen LogP contribution in [0.3, 0.4) is 0 Å². The van der Waals surface area contributed by atoms with Gasteiger partial charge in [0.25, 0.3) is 0 Å². The van der Waals surface area contributed by atoms with E-state index < -0.39 is 0 Å². The van der Waals surface area contributed by atoms with Gasteiger partial charge in [0.1, 0.15) is 23.0 Å². The Morgan fingerprint density at radius 1 is 0.492 bits per heavy atom. The van der Waals surface area contributed by atoms with Gasteiger partial charge >= 0.3 is 0 Å². The van der Waals surface area contributed by atoms with Crippen LogP contribution in [0.15, 0.2) is 42.6 Å². The number of ether oxygens (including phenoxy) is 2. The monoisotopic (exact) mass is 866 g/mol. The first-order chi connectivity index (χ1) is 30.6. The Labute approximate surface area is 383 Å². The zero-order valence-corrected chi connectivity index (χ0v) is 41.1. The largest absolute Gasteiger partial charge is 0.507 e. The van der Waals surface area contributed by atoms with Crippen molar-refractivity contribution in [2.24, 2.45) is 18.9 Å². The second-order valence-corrected chi connectivity index (χ2v) is 18.7. The zero-order chi connectivity index (χ0) is 45.4. The molecule has 0 saturated carbocycles. The fourth-order valence-corrected chi connectivity index (χ4v) is 9.09. The number of aromatic hydroxyl groups is 2. The fraction of sp³-hybridized carbons (Fsp3) is 0.643. The lowest BCUT2D eigenvalue weighted by atomic mass is 9.95. The number of rotatable bonds is 33. The summed E-state index contributed by atoms with van der Waals surface area (Å²) in [5, 5.41) is 23.8. The van der Waals surface area contributed by atoms with Gasteiger partial charge in [0.2, 0.25) is 0 Å². The summed E-state index contributed by atoms with van der Waals surface area (Å²) in [7, 11) is 2.00. The van der Waals surface area contributed by atoms with Crippen molar-refractivity contribution < 1.29 is 19.7 Å². The van der Waals surface area contributed by atoms with E-state index in [1.807, 2.05) is 75.0 Å². The Kier molecular flexibility index (Phi) is 23.5.